The molecular weight excluding hydrogens is 266 g/mol. The topological polar surface area (TPSA) is 69.8 Å². The van der Waals surface area contributed by atoms with Crippen LogP contribution in [0.2, 0.25) is 0 Å². The van der Waals surface area contributed by atoms with E-state index in [1.807, 2.05) is 23.1 Å². The summed E-state index contributed by atoms with van der Waals surface area (Å²) in [6.07, 6.45) is 1.43. The molecule has 0 spiro atoms. The van der Waals surface area contributed by atoms with Crippen LogP contribution in [0.5, 0.6) is 5.75 Å². The van der Waals surface area contributed by atoms with Crippen molar-refractivity contribution in [3.63, 3.8) is 0 Å². The van der Waals surface area contributed by atoms with Crippen molar-refractivity contribution in [3.8, 4) is 5.75 Å². The molecule has 1 saturated heterocycles. The maximum absolute atomic E-state index is 12.1. The molecular formula is C16H25N3O2. The lowest BCUT2D eigenvalue weighted by Gasteiger charge is -2.36. The van der Waals surface area contributed by atoms with E-state index in [1.54, 1.807) is 6.07 Å². The number of carbonyl (C=O) groups excluding carboxylic acids is 1. The van der Waals surface area contributed by atoms with E-state index < -0.39 is 0 Å². The van der Waals surface area contributed by atoms with Gasteiger partial charge in [0.1, 0.15) is 5.75 Å². The molecule has 0 aliphatic carbocycles. The Morgan fingerprint density at radius 2 is 1.95 bits per heavy atom. The Labute approximate surface area is 126 Å². The first-order valence-corrected chi connectivity index (χ1v) is 7.62. The van der Waals surface area contributed by atoms with Crippen molar-refractivity contribution in [2.24, 2.45) is 11.7 Å². The van der Waals surface area contributed by atoms with E-state index in [0.717, 1.165) is 25.2 Å². The fourth-order valence-corrected chi connectivity index (χ4v) is 2.57. The van der Waals surface area contributed by atoms with E-state index in [9.17, 15) is 9.90 Å². The highest BCUT2D eigenvalue weighted by atomic mass is 16.3. The van der Waals surface area contributed by atoms with Gasteiger partial charge in [-0.25, -0.2) is 0 Å². The Hall–Kier alpha value is -1.75. The maximum Gasteiger partial charge on any atom is 0.222 e. The molecule has 1 heterocycles. The zero-order chi connectivity index (χ0) is 15.2. The Balaban J connectivity index is 1.83. The van der Waals surface area contributed by atoms with E-state index in [0.29, 0.717) is 37.7 Å². The summed E-state index contributed by atoms with van der Waals surface area (Å²) in [5.41, 5.74) is 6.43. The zero-order valence-corrected chi connectivity index (χ0v) is 12.7. The van der Waals surface area contributed by atoms with Crippen LogP contribution in [0.15, 0.2) is 24.3 Å². The minimum absolute atomic E-state index is 0.215. The number of rotatable bonds is 5. The van der Waals surface area contributed by atoms with E-state index in [1.165, 1.54) is 0 Å². The van der Waals surface area contributed by atoms with Gasteiger partial charge in [0.15, 0.2) is 0 Å². The van der Waals surface area contributed by atoms with Crippen LogP contribution in [-0.4, -0.2) is 48.6 Å². The normalized spacial score (nSPS) is 16.9. The van der Waals surface area contributed by atoms with Crippen molar-refractivity contribution >= 4 is 11.6 Å². The van der Waals surface area contributed by atoms with Crippen LogP contribution in [0.1, 0.15) is 19.8 Å². The molecule has 1 atom stereocenters. The van der Waals surface area contributed by atoms with E-state index in [-0.39, 0.29) is 5.91 Å². The zero-order valence-electron chi connectivity index (χ0n) is 12.7. The number of benzene rings is 1. The number of carbonyl (C=O) groups is 1. The quantitative estimate of drug-likeness (QED) is 0.861. The molecule has 1 unspecified atom stereocenters. The van der Waals surface area contributed by atoms with Crippen LogP contribution in [0.4, 0.5) is 5.69 Å². The molecule has 0 saturated carbocycles. The molecule has 1 aromatic carbocycles. The molecule has 1 aliphatic heterocycles. The van der Waals surface area contributed by atoms with Gasteiger partial charge >= 0.3 is 0 Å². The van der Waals surface area contributed by atoms with Gasteiger partial charge in [-0.15, -0.1) is 0 Å². The summed E-state index contributed by atoms with van der Waals surface area (Å²) in [4.78, 5) is 16.2. The highest BCUT2D eigenvalue weighted by Crippen LogP contribution is 2.27. The van der Waals surface area contributed by atoms with Gasteiger partial charge in [0.2, 0.25) is 5.91 Å². The molecule has 116 valence electrons. The number of piperazine rings is 1. The van der Waals surface area contributed by atoms with Gasteiger partial charge in [-0.3, -0.25) is 4.79 Å². The Morgan fingerprint density at radius 1 is 1.29 bits per heavy atom. The van der Waals surface area contributed by atoms with Crippen LogP contribution >= 0.6 is 0 Å². The number of para-hydroxylation sites is 2. The van der Waals surface area contributed by atoms with Crippen molar-refractivity contribution in [3.05, 3.63) is 24.3 Å². The smallest absolute Gasteiger partial charge is 0.222 e. The predicted octanol–water partition coefficient (Wildman–Crippen LogP) is 1.42. The van der Waals surface area contributed by atoms with Crippen molar-refractivity contribution in [2.45, 2.75) is 19.8 Å². The van der Waals surface area contributed by atoms with Crippen molar-refractivity contribution in [2.75, 3.05) is 37.6 Å². The number of hydrogen-bond donors (Lipinski definition) is 2. The van der Waals surface area contributed by atoms with Crippen LogP contribution in [0, 0.1) is 5.92 Å². The summed E-state index contributed by atoms with van der Waals surface area (Å²) < 4.78 is 0. The van der Waals surface area contributed by atoms with Crippen LogP contribution < -0.4 is 10.6 Å². The van der Waals surface area contributed by atoms with Crippen LogP contribution in [0.3, 0.4) is 0 Å². The summed E-state index contributed by atoms with van der Waals surface area (Å²) in [6, 6.07) is 7.34. The van der Waals surface area contributed by atoms with Gasteiger partial charge in [0.05, 0.1) is 5.69 Å². The van der Waals surface area contributed by atoms with Gasteiger partial charge in [-0.05, 0) is 31.0 Å². The first-order chi connectivity index (χ1) is 10.1. The number of phenolic OH excluding ortho intramolecular Hbond substituents is 1. The summed E-state index contributed by atoms with van der Waals surface area (Å²) >= 11 is 0. The maximum atomic E-state index is 12.1. The second-order valence-corrected chi connectivity index (χ2v) is 5.74. The second kappa shape index (κ2) is 7.31. The molecule has 5 nitrogen and oxygen atoms in total. The number of nitrogens with two attached hydrogens (primary N) is 1. The Kier molecular flexibility index (Phi) is 5.44. The first kappa shape index (κ1) is 15.6. The van der Waals surface area contributed by atoms with Crippen molar-refractivity contribution in [1.29, 1.82) is 0 Å². The monoisotopic (exact) mass is 291 g/mol. The molecule has 5 heteroatoms. The molecule has 0 radical (unpaired) electrons. The van der Waals surface area contributed by atoms with Crippen LogP contribution in [-0.2, 0) is 4.79 Å². The lowest BCUT2D eigenvalue weighted by atomic mass is 10.1. The summed E-state index contributed by atoms with van der Waals surface area (Å²) in [7, 11) is 0. The molecule has 1 aliphatic rings. The molecule has 0 aromatic heterocycles. The fourth-order valence-electron chi connectivity index (χ4n) is 2.57. The Morgan fingerprint density at radius 3 is 2.57 bits per heavy atom. The number of aromatic hydroxyl groups is 1. The van der Waals surface area contributed by atoms with Gasteiger partial charge in [0.25, 0.3) is 0 Å². The molecule has 0 bridgehead atoms. The first-order valence-electron chi connectivity index (χ1n) is 7.62. The largest absolute Gasteiger partial charge is 0.506 e. The number of nitrogens with zero attached hydrogens (tertiary/aromatic N) is 2. The highest BCUT2D eigenvalue weighted by Gasteiger charge is 2.22. The molecule has 1 amide bonds. The van der Waals surface area contributed by atoms with Crippen molar-refractivity contribution < 1.29 is 9.90 Å². The predicted molar refractivity (Wildman–Crippen MR) is 84.4 cm³/mol. The van der Waals surface area contributed by atoms with Gasteiger partial charge in [0, 0.05) is 32.6 Å². The average molecular weight is 291 g/mol. The number of anilines is 1. The molecule has 2 rings (SSSR count). The standard InChI is InChI=1S/C16H25N3O2/c1-13(12-17)6-7-16(21)19-10-8-18(9-11-19)14-4-2-3-5-15(14)20/h2-5,13,20H,6-12,17H2,1H3. The lowest BCUT2D eigenvalue weighted by Crippen LogP contribution is -2.48. The third kappa shape index (κ3) is 4.11. The molecule has 3 N–H and O–H groups in total. The third-order valence-corrected chi connectivity index (χ3v) is 4.11. The van der Waals surface area contributed by atoms with E-state index in [2.05, 4.69) is 11.8 Å². The van der Waals surface area contributed by atoms with E-state index >= 15 is 0 Å². The summed E-state index contributed by atoms with van der Waals surface area (Å²) in [5.74, 6) is 0.915. The summed E-state index contributed by atoms with van der Waals surface area (Å²) in [6.45, 7) is 5.65. The third-order valence-electron chi connectivity index (χ3n) is 4.11. The molecule has 1 aromatic rings. The second-order valence-electron chi connectivity index (χ2n) is 5.74. The minimum atomic E-state index is 0.215. The van der Waals surface area contributed by atoms with Crippen LogP contribution in [0.25, 0.3) is 0 Å². The summed E-state index contributed by atoms with van der Waals surface area (Å²) in [5, 5.41) is 9.88. The fraction of sp³-hybridized carbons (Fsp3) is 0.562. The molecule has 1 fully saturated rings. The number of phenols is 1. The van der Waals surface area contributed by atoms with Gasteiger partial charge in [-0.2, -0.15) is 0 Å². The van der Waals surface area contributed by atoms with Crippen molar-refractivity contribution in [1.82, 2.24) is 4.90 Å². The van der Waals surface area contributed by atoms with E-state index in [4.69, 9.17) is 5.73 Å². The Bertz CT molecular complexity index is 470. The highest BCUT2D eigenvalue weighted by molar-refractivity contribution is 5.76. The SMILES string of the molecule is CC(CN)CCC(=O)N1CCN(c2ccccc2O)CC1. The lowest BCUT2D eigenvalue weighted by molar-refractivity contribution is -0.131. The number of hydrogen-bond acceptors (Lipinski definition) is 4. The average Bonchev–Trinajstić information content (AvgIpc) is 2.53. The minimum Gasteiger partial charge on any atom is -0.506 e. The molecule has 21 heavy (non-hydrogen) atoms. The van der Waals surface area contributed by atoms with Gasteiger partial charge in [-0.1, -0.05) is 19.1 Å². The number of amides is 1. The van der Waals surface area contributed by atoms with Gasteiger partial charge < -0.3 is 20.6 Å².